The summed E-state index contributed by atoms with van der Waals surface area (Å²) in [6.45, 7) is 5.28. The molecule has 2 rings (SSSR count). The standard InChI is InChI=1S/C12H21N5O3/c1-10(12(19)16-3-6-20-7-4-16)13-8-11-9-17(2-5-18)15-14-11/h9-10,13,18H,2-8H2,1H3. The minimum atomic E-state index is -0.268. The highest BCUT2D eigenvalue weighted by atomic mass is 16.5. The number of aliphatic hydroxyl groups is 1. The first kappa shape index (κ1) is 14.9. The van der Waals surface area contributed by atoms with Gasteiger partial charge in [-0.15, -0.1) is 5.10 Å². The molecule has 8 heteroatoms. The number of hydrogen-bond acceptors (Lipinski definition) is 6. The van der Waals surface area contributed by atoms with Crippen molar-refractivity contribution in [3.8, 4) is 0 Å². The van der Waals surface area contributed by atoms with Crippen molar-refractivity contribution in [1.82, 2.24) is 25.2 Å². The second-order valence-electron chi connectivity index (χ2n) is 4.74. The van der Waals surface area contributed by atoms with Crippen LogP contribution >= 0.6 is 0 Å². The van der Waals surface area contributed by atoms with E-state index in [0.29, 0.717) is 39.4 Å². The Balaban J connectivity index is 1.78. The van der Waals surface area contributed by atoms with E-state index in [0.717, 1.165) is 5.69 Å². The van der Waals surface area contributed by atoms with E-state index in [1.165, 1.54) is 0 Å². The molecule has 0 radical (unpaired) electrons. The molecule has 1 fully saturated rings. The van der Waals surface area contributed by atoms with Crippen molar-refractivity contribution in [2.24, 2.45) is 0 Å². The summed E-state index contributed by atoms with van der Waals surface area (Å²) in [4.78, 5) is 14.0. The van der Waals surface area contributed by atoms with Gasteiger partial charge in [-0.25, -0.2) is 4.68 Å². The van der Waals surface area contributed by atoms with Crippen LogP contribution in [0.3, 0.4) is 0 Å². The predicted molar refractivity (Wildman–Crippen MR) is 70.8 cm³/mol. The fourth-order valence-corrected chi connectivity index (χ4v) is 2.03. The summed E-state index contributed by atoms with van der Waals surface area (Å²) < 4.78 is 6.80. The molecule has 2 heterocycles. The normalized spacial score (nSPS) is 17.2. The average molecular weight is 283 g/mol. The fraction of sp³-hybridized carbons (Fsp3) is 0.750. The monoisotopic (exact) mass is 283 g/mol. The second kappa shape index (κ2) is 7.32. The van der Waals surface area contributed by atoms with Crippen LogP contribution in [-0.4, -0.2) is 69.9 Å². The summed E-state index contributed by atoms with van der Waals surface area (Å²) in [6.07, 6.45) is 1.76. The molecule has 1 amide bonds. The average Bonchev–Trinajstić information content (AvgIpc) is 2.93. The van der Waals surface area contributed by atoms with E-state index in [1.54, 1.807) is 10.9 Å². The first-order valence-electron chi connectivity index (χ1n) is 6.80. The SMILES string of the molecule is CC(NCc1cn(CCO)nn1)C(=O)N1CCOCC1. The number of hydrogen-bond donors (Lipinski definition) is 2. The molecule has 1 aliphatic rings. The van der Waals surface area contributed by atoms with Gasteiger partial charge >= 0.3 is 0 Å². The molecule has 1 unspecified atom stereocenters. The molecule has 1 aromatic rings. The predicted octanol–water partition coefficient (Wildman–Crippen LogP) is -1.39. The van der Waals surface area contributed by atoms with E-state index in [2.05, 4.69) is 15.6 Å². The number of amides is 1. The zero-order chi connectivity index (χ0) is 14.4. The number of aromatic nitrogens is 3. The van der Waals surface area contributed by atoms with Crippen molar-refractivity contribution in [3.63, 3.8) is 0 Å². The largest absolute Gasteiger partial charge is 0.394 e. The number of ether oxygens (including phenoxy) is 1. The van der Waals surface area contributed by atoms with Gasteiger partial charge in [0.1, 0.15) is 0 Å². The Labute approximate surface area is 117 Å². The third-order valence-electron chi connectivity index (χ3n) is 3.20. The van der Waals surface area contributed by atoms with Crippen LogP contribution in [0.2, 0.25) is 0 Å². The van der Waals surface area contributed by atoms with Crippen molar-refractivity contribution < 1.29 is 14.6 Å². The highest BCUT2D eigenvalue weighted by Gasteiger charge is 2.22. The van der Waals surface area contributed by atoms with Gasteiger partial charge in [0.15, 0.2) is 0 Å². The van der Waals surface area contributed by atoms with Gasteiger partial charge in [-0.3, -0.25) is 4.79 Å². The minimum Gasteiger partial charge on any atom is -0.394 e. The molecule has 1 atom stereocenters. The van der Waals surface area contributed by atoms with Gasteiger partial charge in [-0.05, 0) is 6.92 Å². The Morgan fingerprint density at radius 2 is 2.30 bits per heavy atom. The minimum absolute atomic E-state index is 0.0299. The van der Waals surface area contributed by atoms with Crippen LogP contribution < -0.4 is 5.32 Å². The number of carbonyl (C=O) groups is 1. The number of aliphatic hydroxyl groups excluding tert-OH is 1. The summed E-state index contributed by atoms with van der Waals surface area (Å²) >= 11 is 0. The second-order valence-corrected chi connectivity index (χ2v) is 4.74. The first-order chi connectivity index (χ1) is 9.70. The maximum atomic E-state index is 12.2. The van der Waals surface area contributed by atoms with Crippen molar-refractivity contribution >= 4 is 5.91 Å². The Morgan fingerprint density at radius 3 is 3.00 bits per heavy atom. The summed E-state index contributed by atoms with van der Waals surface area (Å²) in [6, 6.07) is -0.268. The van der Waals surface area contributed by atoms with Gasteiger partial charge in [0.25, 0.3) is 0 Å². The molecule has 0 aromatic carbocycles. The van der Waals surface area contributed by atoms with Crippen molar-refractivity contribution in [2.75, 3.05) is 32.9 Å². The van der Waals surface area contributed by atoms with E-state index < -0.39 is 0 Å². The molecule has 2 N–H and O–H groups in total. The molecule has 1 aliphatic heterocycles. The van der Waals surface area contributed by atoms with Gasteiger partial charge in [0, 0.05) is 25.8 Å². The summed E-state index contributed by atoms with van der Waals surface area (Å²) in [5.41, 5.74) is 0.750. The number of morpholine rings is 1. The van der Waals surface area contributed by atoms with Gasteiger partial charge in [-0.1, -0.05) is 5.21 Å². The van der Waals surface area contributed by atoms with E-state index in [9.17, 15) is 4.79 Å². The lowest BCUT2D eigenvalue weighted by atomic mass is 10.2. The lowest BCUT2D eigenvalue weighted by molar-refractivity contribution is -0.137. The van der Waals surface area contributed by atoms with Crippen molar-refractivity contribution in [2.45, 2.75) is 26.1 Å². The zero-order valence-corrected chi connectivity index (χ0v) is 11.7. The van der Waals surface area contributed by atoms with Crippen LogP contribution in [0.25, 0.3) is 0 Å². The smallest absolute Gasteiger partial charge is 0.239 e. The van der Waals surface area contributed by atoms with E-state index >= 15 is 0 Å². The van der Waals surface area contributed by atoms with Gasteiger partial charge in [-0.2, -0.15) is 0 Å². The molecule has 1 saturated heterocycles. The topological polar surface area (TPSA) is 92.5 Å². The third-order valence-corrected chi connectivity index (χ3v) is 3.20. The quantitative estimate of drug-likeness (QED) is 0.667. The highest BCUT2D eigenvalue weighted by Crippen LogP contribution is 2.01. The van der Waals surface area contributed by atoms with Gasteiger partial charge in [0.2, 0.25) is 5.91 Å². The van der Waals surface area contributed by atoms with Crippen LogP contribution in [0, 0.1) is 0 Å². The number of carbonyl (C=O) groups excluding carboxylic acids is 1. The molecular weight excluding hydrogens is 262 g/mol. The molecule has 0 bridgehead atoms. The molecule has 0 saturated carbocycles. The highest BCUT2D eigenvalue weighted by molar-refractivity contribution is 5.81. The van der Waals surface area contributed by atoms with E-state index in [-0.39, 0.29) is 18.6 Å². The van der Waals surface area contributed by atoms with Gasteiger partial charge < -0.3 is 20.1 Å². The molecular formula is C12H21N5O3. The Hall–Kier alpha value is -1.51. The van der Waals surface area contributed by atoms with Crippen LogP contribution in [0.5, 0.6) is 0 Å². The molecule has 0 aliphatic carbocycles. The maximum absolute atomic E-state index is 12.2. The lowest BCUT2D eigenvalue weighted by Crippen LogP contribution is -2.49. The lowest BCUT2D eigenvalue weighted by Gasteiger charge is -2.29. The summed E-state index contributed by atoms with van der Waals surface area (Å²) in [5, 5.41) is 19.8. The Kier molecular flexibility index (Phi) is 5.45. The van der Waals surface area contributed by atoms with Crippen LogP contribution in [-0.2, 0) is 22.6 Å². The molecule has 112 valence electrons. The first-order valence-corrected chi connectivity index (χ1v) is 6.80. The van der Waals surface area contributed by atoms with Crippen molar-refractivity contribution in [3.05, 3.63) is 11.9 Å². The van der Waals surface area contributed by atoms with Gasteiger partial charge in [0.05, 0.1) is 38.1 Å². The molecule has 8 nitrogen and oxygen atoms in total. The Bertz CT molecular complexity index is 430. The maximum Gasteiger partial charge on any atom is 0.239 e. The molecule has 1 aromatic heterocycles. The van der Waals surface area contributed by atoms with Crippen LogP contribution in [0.4, 0.5) is 0 Å². The van der Waals surface area contributed by atoms with Crippen LogP contribution in [0.1, 0.15) is 12.6 Å². The van der Waals surface area contributed by atoms with Crippen molar-refractivity contribution in [1.29, 1.82) is 0 Å². The number of nitrogens with zero attached hydrogens (tertiary/aromatic N) is 4. The fourth-order valence-electron chi connectivity index (χ4n) is 2.03. The van der Waals surface area contributed by atoms with E-state index in [1.807, 2.05) is 11.8 Å². The number of rotatable bonds is 6. The summed E-state index contributed by atoms with van der Waals surface area (Å²) in [7, 11) is 0. The van der Waals surface area contributed by atoms with Crippen LogP contribution in [0.15, 0.2) is 6.20 Å². The summed E-state index contributed by atoms with van der Waals surface area (Å²) in [5.74, 6) is 0.0797. The Morgan fingerprint density at radius 1 is 1.55 bits per heavy atom. The third kappa shape index (κ3) is 3.99. The molecule has 20 heavy (non-hydrogen) atoms. The van der Waals surface area contributed by atoms with E-state index in [4.69, 9.17) is 9.84 Å². The zero-order valence-electron chi connectivity index (χ0n) is 11.7. The molecule has 0 spiro atoms. The number of nitrogens with one attached hydrogen (secondary N) is 1.